The molecular formula is C48H37N5OPt. The monoisotopic (exact) mass is 894 g/mol. The van der Waals surface area contributed by atoms with Crippen molar-refractivity contribution in [3.63, 3.8) is 0 Å². The van der Waals surface area contributed by atoms with Gasteiger partial charge in [0.2, 0.25) is 0 Å². The number of aryl methyl sites for hydroxylation is 2. The molecular weight excluding hydrogens is 858 g/mol. The molecule has 55 heavy (non-hydrogen) atoms. The van der Waals surface area contributed by atoms with Crippen LogP contribution in [0.3, 0.4) is 0 Å². The fourth-order valence-electron chi connectivity index (χ4n) is 8.72. The molecule has 0 atom stereocenters. The van der Waals surface area contributed by atoms with E-state index >= 15 is 0 Å². The van der Waals surface area contributed by atoms with Gasteiger partial charge in [-0.25, -0.2) is 0 Å². The Hall–Kier alpha value is -5.97. The van der Waals surface area contributed by atoms with E-state index in [1.54, 1.807) is 0 Å². The smallest absolute Gasteiger partial charge is 0.0620 e. The molecule has 270 valence electrons. The topological polar surface area (TPSA) is 41.3 Å². The van der Waals surface area contributed by atoms with Crippen LogP contribution in [0.4, 0.5) is 0 Å². The SMILES string of the molecule is Cc1ccnc(-n2c3cc(Oc4cc(-n5[c](=[Pt])n(C)c6ccccc65)cc(C(C)(C)C)c4)ccc3c3cc4c5cccc6c7ccccc7n(c4cc32)c65)c1. The van der Waals surface area contributed by atoms with Crippen molar-refractivity contribution in [1.82, 2.24) is 23.1 Å². The number of ether oxygens (including phenoxy) is 1. The van der Waals surface area contributed by atoms with Crippen LogP contribution in [-0.4, -0.2) is 23.1 Å². The number of rotatable bonds is 4. The molecule has 6 nitrogen and oxygen atoms in total. The van der Waals surface area contributed by atoms with Crippen LogP contribution in [0.1, 0.15) is 31.9 Å². The Bertz CT molecular complexity index is 3440. The van der Waals surface area contributed by atoms with Crippen LogP contribution in [0.2, 0.25) is 0 Å². The van der Waals surface area contributed by atoms with Crippen LogP contribution in [0.25, 0.3) is 82.4 Å². The zero-order chi connectivity index (χ0) is 37.3. The summed E-state index contributed by atoms with van der Waals surface area (Å²) in [5, 5.41) is 7.44. The predicted octanol–water partition coefficient (Wildman–Crippen LogP) is 12.1. The van der Waals surface area contributed by atoms with Gasteiger partial charge in [0.15, 0.2) is 0 Å². The van der Waals surface area contributed by atoms with Crippen molar-refractivity contribution in [2.75, 3.05) is 0 Å². The number of hydrogen-bond acceptors (Lipinski definition) is 2. The average Bonchev–Trinajstić information content (AvgIpc) is 3.87. The summed E-state index contributed by atoms with van der Waals surface area (Å²) in [5.74, 6) is 2.46. The minimum Gasteiger partial charge on any atom is 0.0620 e. The number of para-hydroxylation sites is 4. The number of benzene rings is 6. The van der Waals surface area contributed by atoms with Gasteiger partial charge in [0.05, 0.1) is 16.6 Å². The zero-order valence-corrected chi connectivity index (χ0v) is 33.4. The number of hydrogen-bond donors (Lipinski definition) is 0. The molecule has 0 saturated heterocycles. The van der Waals surface area contributed by atoms with Crippen molar-refractivity contribution in [2.24, 2.45) is 7.05 Å². The predicted molar refractivity (Wildman–Crippen MR) is 222 cm³/mol. The Morgan fingerprint density at radius 2 is 1.25 bits per heavy atom. The van der Waals surface area contributed by atoms with Gasteiger partial charge in [-0.1, -0.05) is 36.4 Å². The fraction of sp³-hybridized carbons (Fsp3) is 0.125. The van der Waals surface area contributed by atoms with Crippen molar-refractivity contribution in [2.45, 2.75) is 33.1 Å². The molecule has 0 N–H and O–H groups in total. The number of fused-ring (bicyclic) bond motifs is 10. The molecule has 0 fully saturated rings. The first kappa shape index (κ1) is 32.5. The molecule has 0 aliphatic heterocycles. The second-order valence-electron chi connectivity index (χ2n) is 15.8. The van der Waals surface area contributed by atoms with Crippen molar-refractivity contribution in [3.8, 4) is 23.0 Å². The molecule has 0 aliphatic rings. The third-order valence-electron chi connectivity index (χ3n) is 11.4. The van der Waals surface area contributed by atoms with Crippen molar-refractivity contribution >= 4 is 70.9 Å². The van der Waals surface area contributed by atoms with Crippen LogP contribution in [0, 0.1) is 10.7 Å². The van der Waals surface area contributed by atoms with E-state index in [4.69, 9.17) is 9.72 Å². The molecule has 0 aliphatic carbocycles. The third-order valence-corrected chi connectivity index (χ3v) is 12.6. The Kier molecular flexibility index (Phi) is 6.80. The first-order valence-corrected chi connectivity index (χ1v) is 19.8. The van der Waals surface area contributed by atoms with E-state index in [1.807, 2.05) is 6.20 Å². The van der Waals surface area contributed by atoms with E-state index in [1.165, 1.54) is 54.6 Å². The van der Waals surface area contributed by atoms with Gasteiger partial charge < -0.3 is 4.40 Å². The Morgan fingerprint density at radius 3 is 2.05 bits per heavy atom. The molecule has 11 rings (SSSR count). The summed E-state index contributed by atoms with van der Waals surface area (Å²) in [6.07, 6.45) is 1.90. The molecule has 0 saturated carbocycles. The molecule has 5 heterocycles. The summed E-state index contributed by atoms with van der Waals surface area (Å²) >= 11 is 2.43. The summed E-state index contributed by atoms with van der Waals surface area (Å²) in [4.78, 5) is 4.94. The summed E-state index contributed by atoms with van der Waals surface area (Å²) in [5.41, 5.74) is 11.6. The fourth-order valence-corrected chi connectivity index (χ4v) is 9.56. The normalized spacial score (nSPS) is 12.6. The number of pyridine rings is 1. The number of imidazole rings is 1. The number of aromatic nitrogens is 5. The van der Waals surface area contributed by atoms with E-state index in [0.29, 0.717) is 0 Å². The van der Waals surface area contributed by atoms with E-state index in [-0.39, 0.29) is 5.41 Å². The van der Waals surface area contributed by atoms with Gasteiger partial charge in [0.25, 0.3) is 0 Å². The van der Waals surface area contributed by atoms with Gasteiger partial charge in [-0.15, -0.1) is 0 Å². The molecule has 5 aromatic heterocycles. The second kappa shape index (κ2) is 11.5. The Balaban J connectivity index is 1.14. The van der Waals surface area contributed by atoms with Crippen molar-refractivity contribution in [1.29, 1.82) is 0 Å². The molecule has 11 aromatic rings. The standard InChI is InChI=1S/C48H37N5O.Pt/c1-29-19-20-49-46(21-29)52-43-25-32(54-33-23-30(48(2,3)4)22-31(24-33)51-28-50(5)41-15-8-9-16-42(41)51)17-18-35(43)38-26-39-37-13-10-12-36-34-11-6-7-14-40(34)53(47(36)37)45(39)27-44(38)52;/h6-27H,1-5H3;. The number of nitrogens with zero attached hydrogens (tertiary/aromatic N) is 5. The van der Waals surface area contributed by atoms with Gasteiger partial charge in [-0.2, -0.15) is 0 Å². The maximum absolute atomic E-state index is 6.90. The minimum absolute atomic E-state index is 0.0895. The van der Waals surface area contributed by atoms with E-state index < -0.39 is 0 Å². The van der Waals surface area contributed by atoms with Gasteiger partial charge >= 0.3 is 220 Å². The zero-order valence-electron chi connectivity index (χ0n) is 31.2. The first-order valence-electron chi connectivity index (χ1n) is 18.7. The first-order chi connectivity index (χ1) is 26.6. The summed E-state index contributed by atoms with van der Waals surface area (Å²) in [6, 6.07) is 46.1. The van der Waals surface area contributed by atoms with Crippen molar-refractivity contribution in [3.05, 3.63) is 149 Å². The Morgan fingerprint density at radius 1 is 0.564 bits per heavy atom. The van der Waals surface area contributed by atoms with Gasteiger partial charge in [0.1, 0.15) is 0 Å². The van der Waals surface area contributed by atoms with Crippen LogP contribution >= 0.6 is 0 Å². The van der Waals surface area contributed by atoms with Gasteiger partial charge in [-0.3, -0.25) is 0 Å². The maximum atomic E-state index is 6.90. The minimum atomic E-state index is -0.0895. The van der Waals surface area contributed by atoms with Crippen LogP contribution in [0.15, 0.2) is 134 Å². The van der Waals surface area contributed by atoms with E-state index in [2.05, 4.69) is 200 Å². The summed E-state index contributed by atoms with van der Waals surface area (Å²) in [6.45, 7) is 8.89. The molecule has 7 heteroatoms. The molecule has 0 spiro atoms. The molecule has 0 unspecified atom stereocenters. The van der Waals surface area contributed by atoms with E-state index in [0.717, 1.165) is 54.3 Å². The molecule has 0 radical (unpaired) electrons. The van der Waals surface area contributed by atoms with Crippen LogP contribution in [0.5, 0.6) is 11.5 Å². The molecule has 0 bridgehead atoms. The van der Waals surface area contributed by atoms with Crippen LogP contribution < -0.4 is 4.74 Å². The van der Waals surface area contributed by atoms with Gasteiger partial charge in [0, 0.05) is 27.7 Å². The van der Waals surface area contributed by atoms with Crippen molar-refractivity contribution < 1.29 is 24.1 Å². The summed E-state index contributed by atoms with van der Waals surface area (Å²) < 4.78 is 17.3. The average molecular weight is 895 g/mol. The van der Waals surface area contributed by atoms with Gasteiger partial charge in [-0.05, 0) is 24.6 Å². The molecule has 0 amide bonds. The quantitative estimate of drug-likeness (QED) is 0.177. The van der Waals surface area contributed by atoms with E-state index in [9.17, 15) is 0 Å². The van der Waals surface area contributed by atoms with Crippen LogP contribution in [-0.2, 0) is 31.8 Å². The third kappa shape index (κ3) is 4.71. The Labute approximate surface area is 328 Å². The second-order valence-corrected chi connectivity index (χ2v) is 16.9. The molecule has 6 aromatic carbocycles. The summed E-state index contributed by atoms with van der Waals surface area (Å²) in [7, 11) is 2.12.